The van der Waals surface area contributed by atoms with Gasteiger partial charge in [0.2, 0.25) is 0 Å². The van der Waals surface area contributed by atoms with Crippen molar-refractivity contribution in [1.82, 2.24) is 0 Å². The number of hydrogen-bond donors (Lipinski definition) is 0. The summed E-state index contributed by atoms with van der Waals surface area (Å²) in [6, 6.07) is 14.6. The Labute approximate surface area is 200 Å². The van der Waals surface area contributed by atoms with Gasteiger partial charge in [0, 0.05) is 50.6 Å². The second-order valence-electron chi connectivity index (χ2n) is 5.93. The van der Waals surface area contributed by atoms with E-state index in [4.69, 9.17) is 21.4 Å². The van der Waals surface area contributed by atoms with Crippen LogP contribution >= 0.6 is 66.7 Å². The van der Waals surface area contributed by atoms with Gasteiger partial charge in [-0.3, -0.25) is 0 Å². The SMILES string of the molecule is Cc1ccc(-c2ccc(S(=O)(=O)Cl)s2)s1.Cc1ccc(-c2ccc(S(=O)(=O)Cl)s2)s1. The summed E-state index contributed by atoms with van der Waals surface area (Å²) in [4.78, 5) is 6.43. The Kier molecular flexibility index (Phi) is 7.51. The normalized spacial score (nSPS) is 11.9. The smallest absolute Gasteiger partial charge is 0.206 e. The molecule has 4 rings (SSSR count). The molecule has 0 saturated carbocycles. The van der Waals surface area contributed by atoms with Gasteiger partial charge in [-0.25, -0.2) is 16.8 Å². The van der Waals surface area contributed by atoms with Crippen molar-refractivity contribution in [2.75, 3.05) is 0 Å². The maximum atomic E-state index is 11.1. The molecular formula is C18H14Cl2O4S6. The van der Waals surface area contributed by atoms with Gasteiger partial charge in [0.25, 0.3) is 18.1 Å². The number of aryl methyl sites for hydroxylation is 2. The van der Waals surface area contributed by atoms with Gasteiger partial charge in [-0.2, -0.15) is 0 Å². The van der Waals surface area contributed by atoms with E-state index in [9.17, 15) is 16.8 Å². The van der Waals surface area contributed by atoms with Crippen molar-refractivity contribution in [2.45, 2.75) is 22.3 Å². The highest BCUT2D eigenvalue weighted by molar-refractivity contribution is 8.15. The molecule has 0 atom stereocenters. The van der Waals surface area contributed by atoms with Crippen LogP contribution in [0.1, 0.15) is 9.75 Å². The number of thiophene rings is 4. The van der Waals surface area contributed by atoms with E-state index in [2.05, 4.69) is 0 Å². The first kappa shape index (κ1) is 23.9. The molecule has 12 heteroatoms. The maximum absolute atomic E-state index is 11.1. The summed E-state index contributed by atoms with van der Waals surface area (Å²) < 4.78 is 44.6. The average molecular weight is 558 g/mol. The zero-order valence-corrected chi connectivity index (χ0v) is 21.9. The van der Waals surface area contributed by atoms with E-state index in [0.717, 1.165) is 19.5 Å². The third-order valence-electron chi connectivity index (χ3n) is 3.61. The standard InChI is InChI=1S/2C9H7ClO2S3/c2*1-6-2-3-7(13-6)8-4-5-9(14-8)15(10,11)12/h2*2-5H,1H3. The monoisotopic (exact) mass is 556 g/mol. The fourth-order valence-electron chi connectivity index (χ4n) is 2.30. The van der Waals surface area contributed by atoms with Crippen molar-refractivity contribution in [3.63, 3.8) is 0 Å². The van der Waals surface area contributed by atoms with E-state index < -0.39 is 18.1 Å². The first-order valence-electron chi connectivity index (χ1n) is 8.16. The van der Waals surface area contributed by atoms with Gasteiger partial charge in [0.05, 0.1) is 0 Å². The van der Waals surface area contributed by atoms with Crippen LogP contribution in [0.5, 0.6) is 0 Å². The molecule has 0 aromatic carbocycles. The molecule has 0 N–H and O–H groups in total. The molecule has 0 fully saturated rings. The van der Waals surface area contributed by atoms with Crippen molar-refractivity contribution in [1.29, 1.82) is 0 Å². The van der Waals surface area contributed by atoms with Crippen LogP contribution in [0.2, 0.25) is 0 Å². The van der Waals surface area contributed by atoms with Gasteiger partial charge in [-0.05, 0) is 62.4 Å². The quantitative estimate of drug-likeness (QED) is 0.245. The largest absolute Gasteiger partial charge is 0.270 e. The van der Waals surface area contributed by atoms with E-state index in [1.807, 2.05) is 38.1 Å². The van der Waals surface area contributed by atoms with Gasteiger partial charge in [0.1, 0.15) is 8.42 Å². The molecule has 4 aromatic heterocycles. The highest BCUT2D eigenvalue weighted by atomic mass is 35.7. The lowest BCUT2D eigenvalue weighted by Gasteiger charge is -1.88. The van der Waals surface area contributed by atoms with Crippen LogP contribution in [0.3, 0.4) is 0 Å². The summed E-state index contributed by atoms with van der Waals surface area (Å²) >= 11 is 5.67. The van der Waals surface area contributed by atoms with Crippen LogP contribution in [0, 0.1) is 13.8 Å². The summed E-state index contributed by atoms with van der Waals surface area (Å²) in [5.74, 6) is 0. The molecule has 4 heterocycles. The summed E-state index contributed by atoms with van der Waals surface area (Å²) in [7, 11) is 3.33. The second kappa shape index (κ2) is 9.41. The predicted molar refractivity (Wildman–Crippen MR) is 131 cm³/mol. The molecule has 0 aliphatic rings. The highest BCUT2D eigenvalue weighted by Gasteiger charge is 2.15. The zero-order chi connectivity index (χ0) is 22.1. The lowest BCUT2D eigenvalue weighted by molar-refractivity contribution is 0.609. The summed E-state index contributed by atoms with van der Waals surface area (Å²) in [5.41, 5.74) is 0. The van der Waals surface area contributed by atoms with Gasteiger partial charge in [0.15, 0.2) is 0 Å². The fraction of sp³-hybridized carbons (Fsp3) is 0.111. The van der Waals surface area contributed by atoms with Crippen molar-refractivity contribution in [3.8, 4) is 19.5 Å². The van der Waals surface area contributed by atoms with Crippen LogP contribution in [0.25, 0.3) is 19.5 Å². The average Bonchev–Trinajstić information content (AvgIpc) is 3.40. The van der Waals surface area contributed by atoms with Crippen LogP contribution in [0.4, 0.5) is 0 Å². The summed E-state index contributed by atoms with van der Waals surface area (Å²) in [6.45, 7) is 4.03. The fourth-order valence-corrected chi connectivity index (χ4v) is 8.36. The lowest BCUT2D eigenvalue weighted by atomic mass is 10.4. The number of hydrogen-bond acceptors (Lipinski definition) is 8. The van der Waals surface area contributed by atoms with Crippen LogP contribution in [0.15, 0.2) is 56.9 Å². The van der Waals surface area contributed by atoms with E-state index in [1.54, 1.807) is 34.8 Å². The van der Waals surface area contributed by atoms with Crippen molar-refractivity contribution >= 4 is 84.8 Å². The van der Waals surface area contributed by atoms with Gasteiger partial charge in [-0.1, -0.05) is 0 Å². The number of halogens is 2. The third-order valence-corrected chi connectivity index (χ3v) is 12.4. The Morgan fingerprint density at radius 1 is 0.533 bits per heavy atom. The molecule has 30 heavy (non-hydrogen) atoms. The van der Waals surface area contributed by atoms with Gasteiger partial charge in [-0.15, -0.1) is 45.3 Å². The molecular weight excluding hydrogens is 544 g/mol. The first-order chi connectivity index (χ1) is 13.9. The minimum atomic E-state index is -3.59. The molecule has 4 nitrogen and oxygen atoms in total. The zero-order valence-electron chi connectivity index (χ0n) is 15.5. The topological polar surface area (TPSA) is 68.3 Å². The van der Waals surface area contributed by atoms with E-state index in [-0.39, 0.29) is 8.42 Å². The molecule has 4 aromatic rings. The molecule has 0 aliphatic heterocycles. The maximum Gasteiger partial charge on any atom is 0.270 e. The van der Waals surface area contributed by atoms with E-state index in [1.165, 1.54) is 44.6 Å². The van der Waals surface area contributed by atoms with Gasteiger partial charge >= 0.3 is 0 Å². The molecule has 0 amide bonds. The third kappa shape index (κ3) is 6.17. The lowest BCUT2D eigenvalue weighted by Crippen LogP contribution is -1.82. The van der Waals surface area contributed by atoms with Crippen LogP contribution < -0.4 is 0 Å². The predicted octanol–water partition coefficient (Wildman–Crippen LogP) is 7.43. The Morgan fingerprint density at radius 2 is 0.833 bits per heavy atom. The Balaban J connectivity index is 0.000000171. The highest BCUT2D eigenvalue weighted by Crippen LogP contribution is 2.37. The molecule has 0 bridgehead atoms. The molecule has 160 valence electrons. The molecule has 0 saturated heterocycles. The molecule has 0 aliphatic carbocycles. The number of rotatable bonds is 4. The van der Waals surface area contributed by atoms with E-state index in [0.29, 0.717) is 0 Å². The van der Waals surface area contributed by atoms with Crippen LogP contribution in [-0.4, -0.2) is 16.8 Å². The van der Waals surface area contributed by atoms with Crippen molar-refractivity contribution < 1.29 is 16.8 Å². The molecule has 0 radical (unpaired) electrons. The van der Waals surface area contributed by atoms with E-state index >= 15 is 0 Å². The van der Waals surface area contributed by atoms with Crippen molar-refractivity contribution in [2.24, 2.45) is 0 Å². The minimum absolute atomic E-state index is 0.199. The van der Waals surface area contributed by atoms with Crippen LogP contribution in [-0.2, 0) is 18.1 Å². The first-order valence-corrected chi connectivity index (χ1v) is 16.0. The summed E-state index contributed by atoms with van der Waals surface area (Å²) in [5, 5.41) is 0. The van der Waals surface area contributed by atoms with Crippen molar-refractivity contribution in [3.05, 3.63) is 58.3 Å². The molecule has 0 unspecified atom stereocenters. The molecule has 0 spiro atoms. The summed E-state index contributed by atoms with van der Waals surface area (Å²) in [6.07, 6.45) is 0. The minimum Gasteiger partial charge on any atom is -0.206 e. The Morgan fingerprint density at radius 3 is 1.07 bits per heavy atom. The Bertz CT molecular complexity index is 1270. The Hall–Kier alpha value is -0.720. The second-order valence-corrected chi connectivity index (χ2v) is 16.3. The van der Waals surface area contributed by atoms with Gasteiger partial charge < -0.3 is 0 Å².